The molecule has 0 radical (unpaired) electrons. The van der Waals surface area contributed by atoms with Crippen LogP contribution >= 0.6 is 0 Å². The maximum Gasteiger partial charge on any atom is 0.226 e. The molecule has 0 spiro atoms. The van der Waals surface area contributed by atoms with E-state index in [9.17, 15) is 4.79 Å². The van der Waals surface area contributed by atoms with Crippen molar-refractivity contribution in [2.75, 3.05) is 5.32 Å². The van der Waals surface area contributed by atoms with Gasteiger partial charge in [-0.05, 0) is 42.1 Å². The molecular formula is C18H18N2O. The number of anilines is 1. The van der Waals surface area contributed by atoms with Crippen LogP contribution in [0.2, 0.25) is 0 Å². The summed E-state index contributed by atoms with van der Waals surface area (Å²) in [5, 5.41) is 4.15. The smallest absolute Gasteiger partial charge is 0.226 e. The Bertz CT molecular complexity index is 773. The van der Waals surface area contributed by atoms with Crippen molar-refractivity contribution in [2.24, 2.45) is 0 Å². The van der Waals surface area contributed by atoms with Gasteiger partial charge >= 0.3 is 0 Å². The van der Waals surface area contributed by atoms with Gasteiger partial charge < -0.3 is 9.88 Å². The summed E-state index contributed by atoms with van der Waals surface area (Å²) in [7, 11) is 0. The van der Waals surface area contributed by atoms with Gasteiger partial charge in [-0.15, -0.1) is 0 Å². The van der Waals surface area contributed by atoms with E-state index in [0.717, 1.165) is 11.3 Å². The Balaban J connectivity index is 1.63. The number of nitrogens with zero attached hydrogens (tertiary/aromatic N) is 1. The summed E-state index contributed by atoms with van der Waals surface area (Å²) < 4.78 is 2.12. The van der Waals surface area contributed by atoms with Crippen LogP contribution in [-0.2, 0) is 11.3 Å². The molecule has 21 heavy (non-hydrogen) atoms. The first-order chi connectivity index (χ1) is 10.2. The number of amides is 1. The summed E-state index contributed by atoms with van der Waals surface area (Å²) in [5.41, 5.74) is 3.17. The Hall–Kier alpha value is -2.55. The number of aromatic nitrogens is 1. The lowest BCUT2D eigenvalue weighted by Gasteiger charge is -2.07. The summed E-state index contributed by atoms with van der Waals surface area (Å²) in [6, 6.07) is 18.1. The molecule has 0 aliphatic carbocycles. The fourth-order valence-electron chi connectivity index (χ4n) is 2.50. The van der Waals surface area contributed by atoms with E-state index < -0.39 is 0 Å². The number of hydrogen-bond donors (Lipinski definition) is 1. The van der Waals surface area contributed by atoms with Gasteiger partial charge in [-0.25, -0.2) is 0 Å². The highest BCUT2D eigenvalue weighted by atomic mass is 16.1. The molecule has 0 saturated heterocycles. The number of para-hydroxylation sites is 1. The normalized spacial score (nSPS) is 10.7. The number of nitrogens with one attached hydrogen (secondary N) is 1. The number of benzene rings is 2. The molecule has 1 amide bonds. The largest absolute Gasteiger partial charge is 0.347 e. The molecular weight excluding hydrogens is 260 g/mol. The van der Waals surface area contributed by atoms with Gasteiger partial charge in [0.15, 0.2) is 0 Å². The quantitative estimate of drug-likeness (QED) is 0.769. The van der Waals surface area contributed by atoms with E-state index in [4.69, 9.17) is 0 Å². The van der Waals surface area contributed by atoms with Crippen LogP contribution in [0.1, 0.15) is 12.0 Å². The topological polar surface area (TPSA) is 34.0 Å². The van der Waals surface area contributed by atoms with Crippen LogP contribution in [0.3, 0.4) is 0 Å². The molecule has 106 valence electrons. The highest BCUT2D eigenvalue weighted by Gasteiger charge is 2.05. The Kier molecular flexibility index (Phi) is 3.73. The van der Waals surface area contributed by atoms with E-state index in [0.29, 0.717) is 13.0 Å². The van der Waals surface area contributed by atoms with Gasteiger partial charge in [0, 0.05) is 30.4 Å². The molecule has 3 rings (SSSR count). The lowest BCUT2D eigenvalue weighted by Crippen LogP contribution is -2.14. The molecule has 3 heteroatoms. The molecule has 1 aromatic heterocycles. The van der Waals surface area contributed by atoms with Crippen molar-refractivity contribution in [2.45, 2.75) is 19.9 Å². The molecule has 1 N–H and O–H groups in total. The van der Waals surface area contributed by atoms with Crippen molar-refractivity contribution in [3.8, 4) is 0 Å². The van der Waals surface area contributed by atoms with Crippen LogP contribution in [0, 0.1) is 6.92 Å². The molecule has 2 aromatic carbocycles. The number of carbonyl (C=O) groups is 1. The monoisotopic (exact) mass is 278 g/mol. The molecule has 0 aliphatic rings. The van der Waals surface area contributed by atoms with Crippen molar-refractivity contribution in [1.29, 1.82) is 0 Å². The van der Waals surface area contributed by atoms with Crippen LogP contribution in [0.25, 0.3) is 10.9 Å². The molecule has 3 nitrogen and oxygen atoms in total. The van der Waals surface area contributed by atoms with E-state index in [1.165, 1.54) is 10.9 Å². The highest BCUT2D eigenvalue weighted by Crippen LogP contribution is 2.16. The van der Waals surface area contributed by atoms with E-state index >= 15 is 0 Å². The zero-order chi connectivity index (χ0) is 14.7. The van der Waals surface area contributed by atoms with E-state index in [1.54, 1.807) is 0 Å². The van der Waals surface area contributed by atoms with Crippen LogP contribution in [0.15, 0.2) is 60.8 Å². The van der Waals surface area contributed by atoms with Gasteiger partial charge in [-0.2, -0.15) is 0 Å². The lowest BCUT2D eigenvalue weighted by atomic mass is 10.2. The fourth-order valence-corrected chi connectivity index (χ4v) is 2.50. The van der Waals surface area contributed by atoms with Crippen molar-refractivity contribution in [3.63, 3.8) is 0 Å². The van der Waals surface area contributed by atoms with Crippen LogP contribution in [-0.4, -0.2) is 10.5 Å². The predicted octanol–water partition coefficient (Wildman–Crippen LogP) is 3.98. The van der Waals surface area contributed by atoms with E-state index in [-0.39, 0.29) is 5.91 Å². The maximum atomic E-state index is 12.0. The SMILES string of the molecule is Cc1cccc(NC(=O)CCn2ccc3ccccc32)c1. The Morgan fingerprint density at radius 2 is 1.95 bits per heavy atom. The second-order valence-electron chi connectivity index (χ2n) is 5.24. The molecule has 0 saturated carbocycles. The van der Waals surface area contributed by atoms with Crippen molar-refractivity contribution >= 4 is 22.5 Å². The third-order valence-electron chi connectivity index (χ3n) is 3.56. The minimum absolute atomic E-state index is 0.0402. The van der Waals surface area contributed by atoms with Gasteiger partial charge in [0.2, 0.25) is 5.91 Å². The molecule has 0 fully saturated rings. The average Bonchev–Trinajstić information content (AvgIpc) is 2.88. The number of aryl methyl sites for hydroxylation is 2. The van der Waals surface area contributed by atoms with E-state index in [1.807, 2.05) is 49.5 Å². The van der Waals surface area contributed by atoms with Gasteiger partial charge in [-0.3, -0.25) is 4.79 Å². The zero-order valence-electron chi connectivity index (χ0n) is 12.0. The summed E-state index contributed by atoms with van der Waals surface area (Å²) in [6.45, 7) is 2.70. The summed E-state index contributed by atoms with van der Waals surface area (Å²) in [4.78, 5) is 12.0. The van der Waals surface area contributed by atoms with Crippen LogP contribution in [0.5, 0.6) is 0 Å². The third-order valence-corrected chi connectivity index (χ3v) is 3.56. The first kappa shape index (κ1) is 13.4. The van der Waals surface area contributed by atoms with Crippen molar-refractivity contribution < 1.29 is 4.79 Å². The number of carbonyl (C=O) groups excluding carboxylic acids is 1. The molecule has 0 unspecified atom stereocenters. The number of rotatable bonds is 4. The van der Waals surface area contributed by atoms with Gasteiger partial charge in [0.25, 0.3) is 0 Å². The molecule has 1 heterocycles. The first-order valence-corrected chi connectivity index (χ1v) is 7.13. The van der Waals surface area contributed by atoms with Crippen molar-refractivity contribution in [1.82, 2.24) is 4.57 Å². The minimum atomic E-state index is 0.0402. The second kappa shape index (κ2) is 5.83. The predicted molar refractivity (Wildman–Crippen MR) is 86.4 cm³/mol. The summed E-state index contributed by atoms with van der Waals surface area (Å²) in [5.74, 6) is 0.0402. The van der Waals surface area contributed by atoms with E-state index in [2.05, 4.69) is 28.1 Å². The molecule has 3 aromatic rings. The fraction of sp³-hybridized carbons (Fsp3) is 0.167. The minimum Gasteiger partial charge on any atom is -0.347 e. The Morgan fingerprint density at radius 1 is 1.10 bits per heavy atom. The standard InChI is InChI=1S/C18H18N2O/c1-14-5-4-7-16(13-14)19-18(21)10-12-20-11-9-15-6-2-3-8-17(15)20/h2-9,11,13H,10,12H2,1H3,(H,19,21). The summed E-state index contributed by atoms with van der Waals surface area (Å²) >= 11 is 0. The Labute approximate surface area is 124 Å². The maximum absolute atomic E-state index is 12.0. The Morgan fingerprint density at radius 3 is 2.81 bits per heavy atom. The molecule has 0 bridgehead atoms. The molecule has 0 aliphatic heterocycles. The number of hydrogen-bond acceptors (Lipinski definition) is 1. The third kappa shape index (κ3) is 3.14. The van der Waals surface area contributed by atoms with Crippen LogP contribution < -0.4 is 5.32 Å². The summed E-state index contributed by atoms with van der Waals surface area (Å²) in [6.07, 6.45) is 2.50. The zero-order valence-corrected chi connectivity index (χ0v) is 12.0. The molecule has 0 atom stereocenters. The van der Waals surface area contributed by atoms with Gasteiger partial charge in [0.05, 0.1) is 0 Å². The number of fused-ring (bicyclic) bond motifs is 1. The highest BCUT2D eigenvalue weighted by molar-refractivity contribution is 5.90. The first-order valence-electron chi connectivity index (χ1n) is 7.13. The van der Waals surface area contributed by atoms with Crippen LogP contribution in [0.4, 0.5) is 5.69 Å². The van der Waals surface area contributed by atoms with Gasteiger partial charge in [0.1, 0.15) is 0 Å². The average molecular weight is 278 g/mol. The van der Waals surface area contributed by atoms with Crippen molar-refractivity contribution in [3.05, 3.63) is 66.4 Å². The van der Waals surface area contributed by atoms with Gasteiger partial charge in [-0.1, -0.05) is 30.3 Å². The lowest BCUT2D eigenvalue weighted by molar-refractivity contribution is -0.116. The second-order valence-corrected chi connectivity index (χ2v) is 5.24.